The minimum absolute atomic E-state index is 0.167. The number of benzene rings is 4. The van der Waals surface area contributed by atoms with Crippen LogP contribution >= 0.6 is 0 Å². The standard InChI is InChI=1S/C32H24N8O2/c33-31(34)37-21-10-8-19(9-11-21)30(41)36-20-12-14-22(15-13-20)38-32-39-27(18-23-16-17-35-40(23)32)26-6-3-5-25-24-4-1-2-7-28(24)42-29(25)26/h1-18H,(H,36,41)(H,38,39)(H4,33,34,37). The van der Waals surface area contributed by atoms with Crippen molar-refractivity contribution in [1.82, 2.24) is 14.6 Å². The van der Waals surface area contributed by atoms with Crippen molar-refractivity contribution in [2.45, 2.75) is 0 Å². The molecule has 10 heteroatoms. The summed E-state index contributed by atoms with van der Waals surface area (Å²) in [7, 11) is 0. The van der Waals surface area contributed by atoms with E-state index in [0.29, 0.717) is 22.9 Å². The maximum atomic E-state index is 12.7. The van der Waals surface area contributed by atoms with E-state index in [0.717, 1.165) is 44.4 Å². The molecule has 0 saturated heterocycles. The van der Waals surface area contributed by atoms with Gasteiger partial charge < -0.3 is 26.1 Å². The lowest BCUT2D eigenvalue weighted by molar-refractivity contribution is 0.102. The van der Waals surface area contributed by atoms with Gasteiger partial charge in [-0.05, 0) is 72.8 Å². The Kier molecular flexibility index (Phi) is 5.98. The van der Waals surface area contributed by atoms with Gasteiger partial charge in [0.05, 0.1) is 17.4 Å². The summed E-state index contributed by atoms with van der Waals surface area (Å²) in [5.41, 5.74) is 12.0. The Morgan fingerprint density at radius 3 is 2.33 bits per heavy atom. The lowest BCUT2D eigenvalue weighted by Gasteiger charge is -2.12. The summed E-state index contributed by atoms with van der Waals surface area (Å²) >= 11 is 0. The van der Waals surface area contributed by atoms with E-state index >= 15 is 0 Å². The summed E-state index contributed by atoms with van der Waals surface area (Å²) in [5, 5.41) is 22.8. The Morgan fingerprint density at radius 2 is 1.52 bits per heavy atom. The molecule has 204 valence electrons. The molecule has 0 radical (unpaired) electrons. The second-order valence-electron chi connectivity index (χ2n) is 9.69. The number of fused-ring (bicyclic) bond motifs is 4. The molecule has 7 rings (SSSR count). The number of carbonyl (C=O) groups excluding carboxylic acids is 1. The van der Waals surface area contributed by atoms with Gasteiger partial charge in [0.15, 0.2) is 5.96 Å². The first-order chi connectivity index (χ1) is 20.5. The van der Waals surface area contributed by atoms with Crippen LogP contribution in [-0.4, -0.2) is 26.5 Å². The van der Waals surface area contributed by atoms with E-state index < -0.39 is 0 Å². The molecule has 6 N–H and O–H groups in total. The third kappa shape index (κ3) is 4.62. The average Bonchev–Trinajstić information content (AvgIpc) is 3.63. The van der Waals surface area contributed by atoms with Crippen molar-refractivity contribution < 1.29 is 9.21 Å². The van der Waals surface area contributed by atoms with Crippen molar-refractivity contribution >= 4 is 62.3 Å². The van der Waals surface area contributed by atoms with Gasteiger partial charge in [-0.2, -0.15) is 5.10 Å². The molecule has 0 saturated carbocycles. The van der Waals surface area contributed by atoms with Gasteiger partial charge in [-0.1, -0.05) is 30.3 Å². The topological polar surface area (TPSA) is 146 Å². The zero-order valence-electron chi connectivity index (χ0n) is 22.1. The third-order valence-corrected chi connectivity index (χ3v) is 6.89. The Bertz CT molecular complexity index is 2110. The minimum atomic E-state index is -0.252. The molecule has 0 unspecified atom stereocenters. The number of furan rings is 1. The Balaban J connectivity index is 1.15. The number of guanidine groups is 1. The van der Waals surface area contributed by atoms with Crippen molar-refractivity contribution in [3.05, 3.63) is 115 Å². The van der Waals surface area contributed by atoms with Crippen molar-refractivity contribution in [3.8, 4) is 11.3 Å². The molecule has 10 nitrogen and oxygen atoms in total. The maximum absolute atomic E-state index is 12.7. The molecule has 4 aromatic carbocycles. The Morgan fingerprint density at radius 1 is 0.810 bits per heavy atom. The van der Waals surface area contributed by atoms with Gasteiger partial charge in [0.25, 0.3) is 5.91 Å². The molecule has 0 aliphatic rings. The van der Waals surface area contributed by atoms with Crippen LogP contribution < -0.4 is 21.7 Å². The fourth-order valence-electron chi connectivity index (χ4n) is 4.93. The zero-order valence-corrected chi connectivity index (χ0v) is 22.1. The highest BCUT2D eigenvalue weighted by Crippen LogP contribution is 2.36. The normalized spacial score (nSPS) is 11.1. The highest BCUT2D eigenvalue weighted by atomic mass is 16.3. The largest absolute Gasteiger partial charge is 0.455 e. The number of nitrogens with zero attached hydrogens (tertiary/aromatic N) is 3. The van der Waals surface area contributed by atoms with Crippen LogP contribution in [0.25, 0.3) is 38.7 Å². The second-order valence-corrected chi connectivity index (χ2v) is 9.69. The minimum Gasteiger partial charge on any atom is -0.455 e. The van der Waals surface area contributed by atoms with Gasteiger partial charge in [-0.25, -0.2) is 9.50 Å². The lowest BCUT2D eigenvalue weighted by atomic mass is 10.1. The first kappa shape index (κ1) is 24.9. The number of anilines is 4. The molecule has 0 bridgehead atoms. The quantitative estimate of drug-likeness (QED) is 0.115. The fraction of sp³-hybridized carbons (Fsp3) is 0. The third-order valence-electron chi connectivity index (χ3n) is 6.89. The molecule has 42 heavy (non-hydrogen) atoms. The summed E-state index contributed by atoms with van der Waals surface area (Å²) in [6.45, 7) is 0. The van der Waals surface area contributed by atoms with Gasteiger partial charge in [0, 0.05) is 39.0 Å². The van der Waals surface area contributed by atoms with E-state index in [1.807, 2.05) is 66.7 Å². The molecule has 3 aromatic heterocycles. The zero-order chi connectivity index (χ0) is 28.6. The van der Waals surface area contributed by atoms with Gasteiger partial charge >= 0.3 is 0 Å². The second kappa shape index (κ2) is 10.1. The van der Waals surface area contributed by atoms with Gasteiger partial charge in [0.2, 0.25) is 5.95 Å². The van der Waals surface area contributed by atoms with Crippen LogP contribution in [0.1, 0.15) is 10.4 Å². The van der Waals surface area contributed by atoms with Gasteiger partial charge in [0.1, 0.15) is 11.2 Å². The highest BCUT2D eigenvalue weighted by molar-refractivity contribution is 6.09. The van der Waals surface area contributed by atoms with Crippen LogP contribution in [0.3, 0.4) is 0 Å². The number of aromatic nitrogens is 3. The van der Waals surface area contributed by atoms with E-state index in [-0.39, 0.29) is 11.9 Å². The summed E-state index contributed by atoms with van der Waals surface area (Å²) < 4.78 is 7.99. The van der Waals surface area contributed by atoms with E-state index in [9.17, 15) is 4.79 Å². The van der Waals surface area contributed by atoms with Crippen molar-refractivity contribution in [2.24, 2.45) is 5.73 Å². The highest BCUT2D eigenvalue weighted by Gasteiger charge is 2.15. The number of para-hydroxylation sites is 2. The molecular weight excluding hydrogens is 528 g/mol. The summed E-state index contributed by atoms with van der Waals surface area (Å²) in [6, 6.07) is 32.0. The van der Waals surface area contributed by atoms with E-state index in [4.69, 9.17) is 20.5 Å². The predicted molar refractivity (Wildman–Crippen MR) is 165 cm³/mol. The monoisotopic (exact) mass is 552 g/mol. The van der Waals surface area contributed by atoms with Crippen molar-refractivity contribution in [3.63, 3.8) is 0 Å². The van der Waals surface area contributed by atoms with Crippen LogP contribution in [0.5, 0.6) is 0 Å². The molecule has 0 atom stereocenters. The van der Waals surface area contributed by atoms with Crippen LogP contribution in [0.2, 0.25) is 0 Å². The van der Waals surface area contributed by atoms with Gasteiger partial charge in [-0.15, -0.1) is 0 Å². The Labute approximate surface area is 239 Å². The smallest absolute Gasteiger partial charge is 0.255 e. The number of nitrogens with two attached hydrogens (primary N) is 1. The van der Waals surface area contributed by atoms with Gasteiger partial charge in [-0.3, -0.25) is 10.2 Å². The fourth-order valence-corrected chi connectivity index (χ4v) is 4.93. The first-order valence-electron chi connectivity index (χ1n) is 13.2. The molecular formula is C32H24N8O2. The van der Waals surface area contributed by atoms with Crippen LogP contribution in [-0.2, 0) is 0 Å². The molecule has 0 aliphatic heterocycles. The molecule has 0 spiro atoms. The van der Waals surface area contributed by atoms with Crippen LogP contribution in [0, 0.1) is 5.41 Å². The molecule has 0 fully saturated rings. The number of hydrogen-bond donors (Lipinski definition) is 5. The van der Waals surface area contributed by atoms with Crippen LogP contribution in [0.15, 0.2) is 114 Å². The van der Waals surface area contributed by atoms with Crippen LogP contribution in [0.4, 0.5) is 23.0 Å². The van der Waals surface area contributed by atoms with E-state index in [2.05, 4.69) is 33.2 Å². The number of rotatable bonds is 6. The van der Waals surface area contributed by atoms with E-state index in [1.165, 1.54) is 0 Å². The molecule has 1 amide bonds. The molecule has 3 heterocycles. The lowest BCUT2D eigenvalue weighted by Crippen LogP contribution is -2.20. The number of amides is 1. The van der Waals surface area contributed by atoms with Crippen molar-refractivity contribution in [2.75, 3.05) is 16.0 Å². The maximum Gasteiger partial charge on any atom is 0.255 e. The Hall–Kier alpha value is -6.16. The summed E-state index contributed by atoms with van der Waals surface area (Å²) in [4.78, 5) is 17.6. The number of carbonyl (C=O) groups is 1. The first-order valence-corrected chi connectivity index (χ1v) is 13.2. The molecule has 0 aliphatic carbocycles. The number of hydrogen-bond acceptors (Lipinski definition) is 6. The summed E-state index contributed by atoms with van der Waals surface area (Å²) in [5.74, 6) is 0.119. The SMILES string of the molecule is N=C(N)Nc1ccc(C(=O)Nc2ccc(Nc3nc(-c4cccc5c4oc4ccccc45)cc4ccnn34)cc2)cc1. The average molecular weight is 553 g/mol. The molecule has 7 aromatic rings. The summed E-state index contributed by atoms with van der Waals surface area (Å²) in [6.07, 6.45) is 1.73. The number of nitrogens with one attached hydrogen (secondary N) is 4. The van der Waals surface area contributed by atoms with E-state index in [1.54, 1.807) is 35.0 Å². The van der Waals surface area contributed by atoms with Crippen molar-refractivity contribution in [1.29, 1.82) is 5.41 Å². The predicted octanol–water partition coefficient (Wildman–Crippen LogP) is 6.60.